The number of carbonyl (C=O) groups excluding carboxylic acids is 1. The Morgan fingerprint density at radius 1 is 1.28 bits per heavy atom. The first kappa shape index (κ1) is 13.8. The number of nitrogens with zero attached hydrogens (tertiary/aromatic N) is 1. The fraction of sp³-hybridized carbons (Fsp3) is 0.923. The van der Waals surface area contributed by atoms with Crippen molar-refractivity contribution in [3.8, 4) is 0 Å². The van der Waals surface area contributed by atoms with E-state index in [-0.39, 0.29) is 11.9 Å². The lowest BCUT2D eigenvalue weighted by Crippen LogP contribution is -2.47. The quantitative estimate of drug-likeness (QED) is 0.740. The Morgan fingerprint density at radius 3 is 2.94 bits per heavy atom. The minimum Gasteiger partial charge on any atom is -0.379 e. The summed E-state index contributed by atoms with van der Waals surface area (Å²) >= 11 is 0. The van der Waals surface area contributed by atoms with Crippen LogP contribution in [0.15, 0.2) is 0 Å². The Labute approximate surface area is 109 Å². The lowest BCUT2D eigenvalue weighted by molar-refractivity contribution is -0.123. The van der Waals surface area contributed by atoms with Gasteiger partial charge in [-0.25, -0.2) is 0 Å². The highest BCUT2D eigenvalue weighted by molar-refractivity contribution is 5.81. The van der Waals surface area contributed by atoms with Gasteiger partial charge >= 0.3 is 0 Å². The second kappa shape index (κ2) is 7.71. The third-order valence-electron chi connectivity index (χ3n) is 3.71. The normalized spacial score (nSPS) is 26.6. The molecular weight excluding hydrogens is 230 g/mol. The number of carbonyl (C=O) groups is 1. The van der Waals surface area contributed by atoms with Gasteiger partial charge in [0.2, 0.25) is 5.91 Å². The molecule has 2 aliphatic rings. The summed E-state index contributed by atoms with van der Waals surface area (Å²) < 4.78 is 5.30. The molecule has 0 radical (unpaired) electrons. The minimum atomic E-state index is 0.0252. The average Bonchev–Trinajstić information content (AvgIpc) is 2.69. The molecule has 2 fully saturated rings. The molecule has 104 valence electrons. The van der Waals surface area contributed by atoms with Crippen molar-refractivity contribution in [2.75, 3.05) is 45.9 Å². The molecule has 0 aromatic heterocycles. The van der Waals surface area contributed by atoms with Crippen LogP contribution in [0.3, 0.4) is 0 Å². The lowest BCUT2D eigenvalue weighted by atomic mass is 10.1. The van der Waals surface area contributed by atoms with E-state index in [0.717, 1.165) is 58.8 Å². The Hall–Kier alpha value is -0.650. The molecule has 5 nitrogen and oxygen atoms in total. The van der Waals surface area contributed by atoms with Crippen LogP contribution in [0.2, 0.25) is 0 Å². The summed E-state index contributed by atoms with van der Waals surface area (Å²) in [5.41, 5.74) is 0. The number of hydrogen-bond acceptors (Lipinski definition) is 4. The highest BCUT2D eigenvalue weighted by Crippen LogP contribution is 2.08. The first-order chi connectivity index (χ1) is 8.86. The van der Waals surface area contributed by atoms with E-state index in [0.29, 0.717) is 0 Å². The van der Waals surface area contributed by atoms with Crippen molar-refractivity contribution in [1.29, 1.82) is 0 Å². The maximum absolute atomic E-state index is 12.0. The van der Waals surface area contributed by atoms with E-state index in [4.69, 9.17) is 4.74 Å². The highest BCUT2D eigenvalue weighted by atomic mass is 16.5. The molecule has 2 N–H and O–H groups in total. The van der Waals surface area contributed by atoms with Gasteiger partial charge in [0.15, 0.2) is 0 Å². The van der Waals surface area contributed by atoms with E-state index in [1.54, 1.807) is 0 Å². The number of amides is 1. The second-order valence-electron chi connectivity index (χ2n) is 5.10. The molecular formula is C13H25N3O2. The predicted octanol–water partition coefficient (Wildman–Crippen LogP) is -0.0330. The summed E-state index contributed by atoms with van der Waals surface area (Å²) in [6, 6.07) is 0.0252. The van der Waals surface area contributed by atoms with Gasteiger partial charge < -0.3 is 15.4 Å². The third-order valence-corrected chi connectivity index (χ3v) is 3.71. The van der Waals surface area contributed by atoms with Gasteiger partial charge in [-0.1, -0.05) is 12.8 Å². The van der Waals surface area contributed by atoms with Crippen molar-refractivity contribution in [2.45, 2.75) is 31.7 Å². The molecule has 1 atom stereocenters. The van der Waals surface area contributed by atoms with Crippen molar-refractivity contribution < 1.29 is 9.53 Å². The summed E-state index contributed by atoms with van der Waals surface area (Å²) in [5, 5.41) is 6.37. The molecule has 0 aromatic rings. The summed E-state index contributed by atoms with van der Waals surface area (Å²) in [7, 11) is 0. The number of rotatable bonds is 4. The SMILES string of the molecule is O=C(NCCN1CCOCC1)C1CCCCCN1. The first-order valence-electron chi connectivity index (χ1n) is 7.17. The summed E-state index contributed by atoms with van der Waals surface area (Å²) in [6.45, 7) is 6.26. The maximum Gasteiger partial charge on any atom is 0.237 e. The molecule has 18 heavy (non-hydrogen) atoms. The van der Waals surface area contributed by atoms with Crippen LogP contribution in [0.25, 0.3) is 0 Å². The number of nitrogens with one attached hydrogen (secondary N) is 2. The van der Waals surface area contributed by atoms with Crippen LogP contribution < -0.4 is 10.6 Å². The standard InChI is InChI=1S/C13H25N3O2/c17-13(12-4-2-1-3-5-14-12)15-6-7-16-8-10-18-11-9-16/h12,14H,1-11H2,(H,15,17). The van der Waals surface area contributed by atoms with Crippen LogP contribution >= 0.6 is 0 Å². The molecule has 0 saturated carbocycles. The van der Waals surface area contributed by atoms with E-state index in [1.807, 2.05) is 0 Å². The number of hydrogen-bond donors (Lipinski definition) is 2. The Kier molecular flexibility index (Phi) is 5.90. The van der Waals surface area contributed by atoms with Gasteiger partial charge in [-0.15, -0.1) is 0 Å². The van der Waals surface area contributed by atoms with E-state index < -0.39 is 0 Å². The fourth-order valence-electron chi connectivity index (χ4n) is 2.54. The van der Waals surface area contributed by atoms with Gasteiger partial charge in [0.1, 0.15) is 0 Å². The van der Waals surface area contributed by atoms with Gasteiger partial charge in [0.25, 0.3) is 0 Å². The summed E-state index contributed by atoms with van der Waals surface area (Å²) in [5.74, 6) is 0.171. The van der Waals surface area contributed by atoms with E-state index in [2.05, 4.69) is 15.5 Å². The fourth-order valence-corrected chi connectivity index (χ4v) is 2.54. The predicted molar refractivity (Wildman–Crippen MR) is 70.5 cm³/mol. The molecule has 0 spiro atoms. The van der Waals surface area contributed by atoms with Gasteiger partial charge in [-0.3, -0.25) is 9.69 Å². The van der Waals surface area contributed by atoms with Crippen LogP contribution in [0.4, 0.5) is 0 Å². The number of morpholine rings is 1. The average molecular weight is 255 g/mol. The molecule has 1 amide bonds. The van der Waals surface area contributed by atoms with Crippen molar-refractivity contribution >= 4 is 5.91 Å². The second-order valence-corrected chi connectivity index (χ2v) is 5.10. The van der Waals surface area contributed by atoms with Crippen LogP contribution in [-0.2, 0) is 9.53 Å². The van der Waals surface area contributed by atoms with Gasteiger partial charge in [-0.05, 0) is 19.4 Å². The molecule has 2 saturated heterocycles. The zero-order valence-electron chi connectivity index (χ0n) is 11.1. The summed E-state index contributed by atoms with van der Waals surface area (Å²) in [6.07, 6.45) is 4.57. The number of ether oxygens (including phenoxy) is 1. The Bertz CT molecular complexity index is 247. The zero-order chi connectivity index (χ0) is 12.6. The van der Waals surface area contributed by atoms with E-state index in [9.17, 15) is 4.79 Å². The molecule has 2 aliphatic heterocycles. The van der Waals surface area contributed by atoms with Gasteiger partial charge in [0.05, 0.1) is 19.3 Å². The van der Waals surface area contributed by atoms with Crippen molar-refractivity contribution in [3.63, 3.8) is 0 Å². The molecule has 0 bridgehead atoms. The van der Waals surface area contributed by atoms with Crippen LogP contribution in [-0.4, -0.2) is 62.8 Å². The molecule has 0 aromatic carbocycles. The topological polar surface area (TPSA) is 53.6 Å². The smallest absolute Gasteiger partial charge is 0.237 e. The summed E-state index contributed by atoms with van der Waals surface area (Å²) in [4.78, 5) is 14.3. The van der Waals surface area contributed by atoms with Crippen LogP contribution in [0.1, 0.15) is 25.7 Å². The van der Waals surface area contributed by atoms with Crippen LogP contribution in [0.5, 0.6) is 0 Å². The Balaban J connectivity index is 1.61. The van der Waals surface area contributed by atoms with Gasteiger partial charge in [0, 0.05) is 26.2 Å². The molecule has 0 aliphatic carbocycles. The molecule has 5 heteroatoms. The lowest BCUT2D eigenvalue weighted by Gasteiger charge is -2.26. The van der Waals surface area contributed by atoms with Crippen LogP contribution in [0, 0.1) is 0 Å². The monoisotopic (exact) mass is 255 g/mol. The van der Waals surface area contributed by atoms with E-state index in [1.165, 1.54) is 12.8 Å². The van der Waals surface area contributed by atoms with E-state index >= 15 is 0 Å². The largest absolute Gasteiger partial charge is 0.379 e. The van der Waals surface area contributed by atoms with Crippen molar-refractivity contribution in [3.05, 3.63) is 0 Å². The van der Waals surface area contributed by atoms with Crippen molar-refractivity contribution in [2.24, 2.45) is 0 Å². The van der Waals surface area contributed by atoms with Crippen molar-refractivity contribution in [1.82, 2.24) is 15.5 Å². The zero-order valence-corrected chi connectivity index (χ0v) is 11.1. The van der Waals surface area contributed by atoms with Gasteiger partial charge in [-0.2, -0.15) is 0 Å². The Morgan fingerprint density at radius 2 is 2.11 bits per heavy atom. The highest BCUT2D eigenvalue weighted by Gasteiger charge is 2.19. The molecule has 2 rings (SSSR count). The molecule has 2 heterocycles. The third kappa shape index (κ3) is 4.55. The molecule has 1 unspecified atom stereocenters. The first-order valence-corrected chi connectivity index (χ1v) is 7.17. The maximum atomic E-state index is 12.0. The minimum absolute atomic E-state index is 0.0252.